The average Bonchev–Trinajstić information content (AvgIpc) is 3.66. The highest BCUT2D eigenvalue weighted by molar-refractivity contribution is 6.28. The van der Waals surface area contributed by atoms with Crippen molar-refractivity contribution in [1.82, 2.24) is 9.55 Å². The summed E-state index contributed by atoms with van der Waals surface area (Å²) in [6.45, 7) is 0.716. The maximum atomic E-state index is 13.2. The Morgan fingerprint density at radius 3 is 1.49 bits per heavy atom. The molecule has 8 aromatic rings. The average molecular weight is 715 g/mol. The normalized spacial score (nSPS) is 11.9. The molecule has 0 radical (unpaired) electrons. The highest BCUT2D eigenvalue weighted by Gasteiger charge is 2.29. The van der Waals surface area contributed by atoms with Crippen molar-refractivity contribution < 1.29 is 19.1 Å². The molecule has 9 rings (SSSR count). The number of imidazole rings is 1. The molecule has 1 heterocycles. The molecule has 0 unspecified atom stereocenters. The number of hydrogen-bond acceptors (Lipinski definition) is 5. The minimum absolute atomic E-state index is 0.122. The van der Waals surface area contributed by atoms with Gasteiger partial charge >= 0.3 is 0 Å². The van der Waals surface area contributed by atoms with Crippen molar-refractivity contribution in [2.45, 2.75) is 0 Å². The fourth-order valence-corrected chi connectivity index (χ4v) is 7.14. The molecule has 0 aliphatic heterocycles. The third kappa shape index (κ3) is 6.51. The van der Waals surface area contributed by atoms with Gasteiger partial charge in [0.1, 0.15) is 30.5 Å². The molecule has 0 saturated heterocycles. The van der Waals surface area contributed by atoms with Crippen LogP contribution in [0.1, 0.15) is 31.8 Å². The smallest absolute Gasteiger partial charge is 0.194 e. The predicted octanol–water partition coefficient (Wildman–Crippen LogP) is 10.8. The first-order chi connectivity index (χ1) is 27.1. The van der Waals surface area contributed by atoms with Crippen LogP contribution in [0.5, 0.6) is 11.5 Å². The zero-order chi connectivity index (χ0) is 37.1. The van der Waals surface area contributed by atoms with Gasteiger partial charge in [-0.2, -0.15) is 0 Å². The summed E-state index contributed by atoms with van der Waals surface area (Å²) < 4.78 is 14.3. The molecule has 7 aromatic carbocycles. The molecule has 1 aliphatic carbocycles. The van der Waals surface area contributed by atoms with Crippen molar-refractivity contribution in [3.8, 4) is 62.2 Å². The number of carbonyl (C=O) groups is 2. The lowest BCUT2D eigenvalue weighted by Crippen LogP contribution is -2.20. The number of fused-ring (bicyclic) bond motifs is 2. The lowest BCUT2D eigenvalue weighted by Gasteiger charge is -2.18. The topological polar surface area (TPSA) is 70.4 Å². The summed E-state index contributed by atoms with van der Waals surface area (Å²) in [5.41, 5.74) is 9.61. The van der Waals surface area contributed by atoms with Crippen LogP contribution in [0.15, 0.2) is 182 Å². The van der Waals surface area contributed by atoms with Gasteiger partial charge in [-0.1, -0.05) is 121 Å². The number of para-hydroxylation sites is 1. The molecule has 0 N–H and O–H groups in total. The van der Waals surface area contributed by atoms with Crippen molar-refractivity contribution in [2.75, 3.05) is 13.2 Å². The fourth-order valence-electron chi connectivity index (χ4n) is 7.14. The molecule has 264 valence electrons. The van der Waals surface area contributed by atoms with Crippen molar-refractivity contribution in [3.63, 3.8) is 0 Å². The van der Waals surface area contributed by atoms with E-state index in [1.807, 2.05) is 97.1 Å². The predicted molar refractivity (Wildman–Crippen MR) is 216 cm³/mol. The van der Waals surface area contributed by atoms with E-state index in [1.54, 1.807) is 36.4 Å². The lowest BCUT2D eigenvalue weighted by molar-refractivity contribution is 0.0979. The van der Waals surface area contributed by atoms with Crippen molar-refractivity contribution in [3.05, 3.63) is 204 Å². The number of carbonyl (C=O) groups excluding carboxylic acids is 2. The summed E-state index contributed by atoms with van der Waals surface area (Å²) >= 11 is 0. The van der Waals surface area contributed by atoms with Crippen LogP contribution < -0.4 is 9.47 Å². The molecular weight excluding hydrogens is 681 g/mol. The summed E-state index contributed by atoms with van der Waals surface area (Å²) in [5, 5.41) is 0. The van der Waals surface area contributed by atoms with Crippen LogP contribution in [0, 0.1) is 0 Å². The highest BCUT2D eigenvalue weighted by Crippen LogP contribution is 2.39. The Morgan fingerprint density at radius 1 is 0.418 bits per heavy atom. The van der Waals surface area contributed by atoms with Gasteiger partial charge in [0.2, 0.25) is 0 Å². The van der Waals surface area contributed by atoms with E-state index >= 15 is 0 Å². The minimum atomic E-state index is -0.130. The molecule has 0 spiro atoms. The van der Waals surface area contributed by atoms with Gasteiger partial charge in [-0.05, 0) is 71.8 Å². The number of aromatic nitrogens is 2. The first-order valence-corrected chi connectivity index (χ1v) is 18.2. The van der Waals surface area contributed by atoms with Crippen molar-refractivity contribution in [2.24, 2.45) is 0 Å². The SMILES string of the molecule is O=C1c2ccccc2C(=O)c2cc(-c3ccc(OCCOc4ccc(-c5nc(-c6ccccc6)c(-c6ccccc6)n5-c5ccccc5)cc4)cc3)ccc21. The monoisotopic (exact) mass is 714 g/mol. The Bertz CT molecular complexity index is 2650. The summed E-state index contributed by atoms with van der Waals surface area (Å²) in [6.07, 6.45) is 0. The highest BCUT2D eigenvalue weighted by atomic mass is 16.5. The zero-order valence-electron chi connectivity index (χ0n) is 29.8. The number of nitrogens with zero attached hydrogens (tertiary/aromatic N) is 2. The molecule has 0 atom stereocenters. The molecule has 1 aliphatic rings. The minimum Gasteiger partial charge on any atom is -0.490 e. The van der Waals surface area contributed by atoms with Crippen molar-refractivity contribution >= 4 is 11.6 Å². The van der Waals surface area contributed by atoms with Crippen LogP contribution in [0.2, 0.25) is 0 Å². The molecular formula is C49H34N2O4. The van der Waals surface area contributed by atoms with Gasteiger partial charge in [0.25, 0.3) is 0 Å². The van der Waals surface area contributed by atoms with Crippen LogP contribution in [0.3, 0.4) is 0 Å². The lowest BCUT2D eigenvalue weighted by atomic mass is 9.83. The molecule has 6 nitrogen and oxygen atoms in total. The quantitative estimate of drug-likeness (QED) is 0.132. The van der Waals surface area contributed by atoms with E-state index in [-0.39, 0.29) is 11.6 Å². The van der Waals surface area contributed by atoms with Gasteiger partial charge in [0.05, 0.1) is 11.4 Å². The number of rotatable bonds is 10. The molecule has 0 saturated carbocycles. The second-order valence-corrected chi connectivity index (χ2v) is 13.2. The molecule has 0 fully saturated rings. The van der Waals surface area contributed by atoms with Crippen LogP contribution >= 0.6 is 0 Å². The summed E-state index contributed by atoms with van der Waals surface area (Å²) in [6, 6.07) is 59.2. The Hall–Kier alpha value is -7.31. The third-order valence-corrected chi connectivity index (χ3v) is 9.83. The second-order valence-electron chi connectivity index (χ2n) is 13.2. The van der Waals surface area contributed by atoms with Crippen LogP contribution in [0.25, 0.3) is 50.7 Å². The van der Waals surface area contributed by atoms with Gasteiger partial charge in [-0.25, -0.2) is 4.98 Å². The van der Waals surface area contributed by atoms with Gasteiger partial charge in [-0.15, -0.1) is 0 Å². The number of ether oxygens (including phenoxy) is 2. The summed E-state index contributed by atoms with van der Waals surface area (Å²) in [7, 11) is 0. The summed E-state index contributed by atoms with van der Waals surface area (Å²) in [4.78, 5) is 31.5. The maximum absolute atomic E-state index is 13.2. The third-order valence-electron chi connectivity index (χ3n) is 9.83. The largest absolute Gasteiger partial charge is 0.490 e. The first-order valence-electron chi connectivity index (χ1n) is 18.2. The Balaban J connectivity index is 0.891. The Kier molecular flexibility index (Phi) is 8.90. The molecule has 1 aromatic heterocycles. The second kappa shape index (κ2) is 14.6. The number of hydrogen-bond donors (Lipinski definition) is 0. The molecule has 6 heteroatoms. The maximum Gasteiger partial charge on any atom is 0.194 e. The van der Waals surface area contributed by atoms with E-state index in [1.165, 1.54) is 0 Å². The molecule has 55 heavy (non-hydrogen) atoms. The fraction of sp³-hybridized carbons (Fsp3) is 0.0408. The van der Waals surface area contributed by atoms with Gasteiger partial charge < -0.3 is 9.47 Å². The Morgan fingerprint density at radius 2 is 0.891 bits per heavy atom. The van der Waals surface area contributed by atoms with E-state index in [4.69, 9.17) is 14.5 Å². The van der Waals surface area contributed by atoms with Gasteiger partial charge in [-0.3, -0.25) is 14.2 Å². The molecule has 0 bridgehead atoms. The van der Waals surface area contributed by atoms with Gasteiger partial charge in [0, 0.05) is 44.6 Å². The first kappa shape index (κ1) is 33.5. The summed E-state index contributed by atoms with van der Waals surface area (Å²) in [5.74, 6) is 2.02. The van der Waals surface area contributed by atoms with E-state index in [9.17, 15) is 9.59 Å². The van der Waals surface area contributed by atoms with Crippen LogP contribution in [-0.4, -0.2) is 34.3 Å². The van der Waals surface area contributed by atoms with E-state index < -0.39 is 0 Å². The zero-order valence-corrected chi connectivity index (χ0v) is 29.8. The van der Waals surface area contributed by atoms with Crippen LogP contribution in [0.4, 0.5) is 0 Å². The van der Waals surface area contributed by atoms with Crippen LogP contribution in [-0.2, 0) is 0 Å². The van der Waals surface area contributed by atoms with E-state index in [0.717, 1.165) is 56.5 Å². The molecule has 0 amide bonds. The number of benzene rings is 7. The van der Waals surface area contributed by atoms with Gasteiger partial charge in [0.15, 0.2) is 11.6 Å². The van der Waals surface area contributed by atoms with E-state index in [2.05, 4.69) is 53.1 Å². The standard InChI is InChI=1S/C49H34N2O4/c52-47-41-18-10-11-19-42(41)48(53)44-32-37(24-29-43(44)47)33-20-25-39(26-21-33)54-30-31-55-40-27-22-36(23-28-40)49-50-45(34-12-4-1-5-13-34)46(35-14-6-2-7-15-35)51(49)38-16-8-3-9-17-38/h1-29,32H,30-31H2. The van der Waals surface area contributed by atoms with E-state index in [0.29, 0.717) is 41.2 Å². The number of ketones is 2. The van der Waals surface area contributed by atoms with Crippen molar-refractivity contribution in [1.29, 1.82) is 0 Å². The Labute approximate surface area is 318 Å².